The molecule has 3 aromatic rings. The number of carboxylic acids is 1. The summed E-state index contributed by atoms with van der Waals surface area (Å²) in [6, 6.07) is 17.5. The summed E-state index contributed by atoms with van der Waals surface area (Å²) in [5, 5.41) is 12.3. The number of nitrogens with zero attached hydrogens (tertiary/aromatic N) is 2. The Balaban J connectivity index is 1.56. The first-order chi connectivity index (χ1) is 14.1. The van der Waals surface area contributed by atoms with Crippen molar-refractivity contribution < 1.29 is 14.6 Å². The van der Waals surface area contributed by atoms with Crippen LogP contribution >= 0.6 is 0 Å². The molecule has 0 aliphatic rings. The molecule has 6 nitrogen and oxygen atoms in total. The Bertz CT molecular complexity index is 914. The molecule has 6 heteroatoms. The minimum Gasteiger partial charge on any atom is -0.493 e. The van der Waals surface area contributed by atoms with E-state index in [1.54, 1.807) is 12.4 Å². The fourth-order valence-electron chi connectivity index (χ4n) is 3.17. The number of pyridine rings is 2. The van der Waals surface area contributed by atoms with E-state index in [0.29, 0.717) is 13.0 Å². The van der Waals surface area contributed by atoms with Crippen molar-refractivity contribution in [3.63, 3.8) is 0 Å². The summed E-state index contributed by atoms with van der Waals surface area (Å²) in [5.41, 5.74) is 2.98. The molecule has 0 aliphatic heterocycles. The van der Waals surface area contributed by atoms with Crippen molar-refractivity contribution >= 4 is 11.8 Å². The van der Waals surface area contributed by atoms with Gasteiger partial charge in [0.1, 0.15) is 11.6 Å². The molecule has 0 amide bonds. The molecule has 0 spiro atoms. The van der Waals surface area contributed by atoms with Crippen LogP contribution in [0.15, 0.2) is 67.0 Å². The summed E-state index contributed by atoms with van der Waals surface area (Å²) < 4.78 is 5.83. The van der Waals surface area contributed by atoms with E-state index in [1.807, 2.05) is 61.6 Å². The van der Waals surface area contributed by atoms with E-state index in [0.717, 1.165) is 34.8 Å². The number of aliphatic carboxylic acids is 1. The fourth-order valence-corrected chi connectivity index (χ4v) is 3.17. The third-order valence-corrected chi connectivity index (χ3v) is 4.67. The van der Waals surface area contributed by atoms with Gasteiger partial charge in [0, 0.05) is 31.6 Å². The average molecular weight is 391 g/mol. The lowest BCUT2D eigenvalue weighted by Gasteiger charge is -2.15. The molecule has 0 saturated heterocycles. The number of rotatable bonds is 10. The van der Waals surface area contributed by atoms with Gasteiger partial charge in [-0.15, -0.1) is 0 Å². The van der Waals surface area contributed by atoms with Crippen LogP contribution < -0.4 is 10.1 Å². The SMILES string of the molecule is CNc1cccc(CCOc2ccc(CC(CC(=O)O)c3cccnc3)cc2)n1. The second kappa shape index (κ2) is 10.2. The highest BCUT2D eigenvalue weighted by atomic mass is 16.5. The van der Waals surface area contributed by atoms with E-state index in [2.05, 4.69) is 15.3 Å². The Morgan fingerprint density at radius 1 is 1.14 bits per heavy atom. The number of aromatic nitrogens is 2. The second-order valence-corrected chi connectivity index (χ2v) is 6.79. The van der Waals surface area contributed by atoms with Crippen LogP contribution in [-0.4, -0.2) is 34.7 Å². The first-order valence-electron chi connectivity index (χ1n) is 9.61. The minimum atomic E-state index is -0.810. The average Bonchev–Trinajstić information content (AvgIpc) is 2.75. The van der Waals surface area contributed by atoms with Gasteiger partial charge in [-0.1, -0.05) is 24.3 Å². The molecule has 29 heavy (non-hydrogen) atoms. The van der Waals surface area contributed by atoms with Crippen LogP contribution in [0.2, 0.25) is 0 Å². The lowest BCUT2D eigenvalue weighted by atomic mass is 9.90. The van der Waals surface area contributed by atoms with E-state index in [-0.39, 0.29) is 12.3 Å². The molecule has 0 bridgehead atoms. The number of hydrogen-bond donors (Lipinski definition) is 2. The van der Waals surface area contributed by atoms with Crippen LogP contribution in [0.25, 0.3) is 0 Å². The van der Waals surface area contributed by atoms with Crippen molar-refractivity contribution in [2.24, 2.45) is 0 Å². The first-order valence-corrected chi connectivity index (χ1v) is 9.61. The molecule has 2 aromatic heterocycles. The Hall–Kier alpha value is -3.41. The lowest BCUT2D eigenvalue weighted by Crippen LogP contribution is -2.09. The zero-order chi connectivity index (χ0) is 20.5. The largest absolute Gasteiger partial charge is 0.493 e. The molecular weight excluding hydrogens is 366 g/mol. The van der Waals surface area contributed by atoms with Gasteiger partial charge in [0.05, 0.1) is 13.0 Å². The van der Waals surface area contributed by atoms with Gasteiger partial charge in [-0.25, -0.2) is 4.98 Å². The molecule has 1 unspecified atom stereocenters. The summed E-state index contributed by atoms with van der Waals surface area (Å²) >= 11 is 0. The summed E-state index contributed by atoms with van der Waals surface area (Å²) in [6.45, 7) is 0.539. The Kier molecular flexibility index (Phi) is 7.16. The number of benzene rings is 1. The van der Waals surface area contributed by atoms with E-state index in [4.69, 9.17) is 4.74 Å². The van der Waals surface area contributed by atoms with Crippen molar-refractivity contribution in [1.29, 1.82) is 0 Å². The molecule has 2 heterocycles. The quantitative estimate of drug-likeness (QED) is 0.545. The molecular formula is C23H25N3O3. The van der Waals surface area contributed by atoms with Gasteiger partial charge in [-0.2, -0.15) is 0 Å². The van der Waals surface area contributed by atoms with E-state index < -0.39 is 5.97 Å². The monoisotopic (exact) mass is 391 g/mol. The molecule has 1 aromatic carbocycles. The van der Waals surface area contributed by atoms with E-state index >= 15 is 0 Å². The molecule has 3 rings (SSSR count). The number of anilines is 1. The summed E-state index contributed by atoms with van der Waals surface area (Å²) in [5.74, 6) is 0.708. The third kappa shape index (κ3) is 6.31. The van der Waals surface area contributed by atoms with Crippen LogP contribution in [0.3, 0.4) is 0 Å². The topological polar surface area (TPSA) is 84.3 Å². The van der Waals surface area contributed by atoms with Gasteiger partial charge in [0.25, 0.3) is 0 Å². The van der Waals surface area contributed by atoms with Crippen molar-refractivity contribution in [3.8, 4) is 5.75 Å². The summed E-state index contributed by atoms with van der Waals surface area (Å²) in [6.07, 6.45) is 4.86. The van der Waals surface area contributed by atoms with E-state index in [1.165, 1.54) is 0 Å². The van der Waals surface area contributed by atoms with Crippen molar-refractivity contribution in [3.05, 3.63) is 83.8 Å². The molecule has 0 radical (unpaired) electrons. The fraction of sp³-hybridized carbons (Fsp3) is 0.261. The van der Waals surface area contributed by atoms with Crippen LogP contribution in [0.1, 0.15) is 29.2 Å². The van der Waals surface area contributed by atoms with Gasteiger partial charge in [-0.3, -0.25) is 9.78 Å². The van der Waals surface area contributed by atoms with Crippen molar-refractivity contribution in [1.82, 2.24) is 9.97 Å². The predicted molar refractivity (Wildman–Crippen MR) is 112 cm³/mol. The maximum atomic E-state index is 11.3. The highest BCUT2D eigenvalue weighted by molar-refractivity contribution is 5.68. The molecule has 1 atom stereocenters. The number of ether oxygens (including phenoxy) is 1. The summed E-state index contributed by atoms with van der Waals surface area (Å²) in [7, 11) is 1.85. The highest BCUT2D eigenvalue weighted by Gasteiger charge is 2.16. The number of carboxylic acid groups (broad SMARTS) is 1. The molecule has 0 saturated carbocycles. The van der Waals surface area contributed by atoms with Crippen LogP contribution in [0.4, 0.5) is 5.82 Å². The van der Waals surface area contributed by atoms with Crippen LogP contribution in [0.5, 0.6) is 5.75 Å². The zero-order valence-electron chi connectivity index (χ0n) is 16.4. The normalized spacial score (nSPS) is 11.6. The maximum Gasteiger partial charge on any atom is 0.303 e. The lowest BCUT2D eigenvalue weighted by molar-refractivity contribution is -0.137. The van der Waals surface area contributed by atoms with Gasteiger partial charge in [0.15, 0.2) is 0 Å². The Labute approximate surface area is 170 Å². The molecule has 2 N–H and O–H groups in total. The number of nitrogens with one attached hydrogen (secondary N) is 1. The van der Waals surface area contributed by atoms with Crippen LogP contribution in [0, 0.1) is 0 Å². The number of hydrogen-bond acceptors (Lipinski definition) is 5. The second-order valence-electron chi connectivity index (χ2n) is 6.79. The Morgan fingerprint density at radius 3 is 2.66 bits per heavy atom. The summed E-state index contributed by atoms with van der Waals surface area (Å²) in [4.78, 5) is 19.8. The molecule has 0 aliphatic carbocycles. The van der Waals surface area contributed by atoms with Gasteiger partial charge >= 0.3 is 5.97 Å². The van der Waals surface area contributed by atoms with Gasteiger partial charge in [0.2, 0.25) is 0 Å². The minimum absolute atomic E-state index is 0.0720. The van der Waals surface area contributed by atoms with E-state index in [9.17, 15) is 9.90 Å². The van der Waals surface area contributed by atoms with Gasteiger partial charge in [-0.05, 0) is 53.8 Å². The molecule has 150 valence electrons. The van der Waals surface area contributed by atoms with Gasteiger partial charge < -0.3 is 15.2 Å². The van der Waals surface area contributed by atoms with Crippen molar-refractivity contribution in [2.45, 2.75) is 25.2 Å². The maximum absolute atomic E-state index is 11.3. The van der Waals surface area contributed by atoms with Crippen LogP contribution in [-0.2, 0) is 17.6 Å². The smallest absolute Gasteiger partial charge is 0.303 e. The van der Waals surface area contributed by atoms with Crippen molar-refractivity contribution in [2.75, 3.05) is 19.0 Å². The standard InChI is InChI=1S/C23H25N3O3/c1-24-22-6-2-5-20(26-22)11-13-29-21-9-7-17(8-10-21)14-19(15-23(27)28)18-4-3-12-25-16-18/h2-10,12,16,19H,11,13-15H2,1H3,(H,24,26)(H,27,28). The number of carbonyl (C=O) groups is 1. The Morgan fingerprint density at radius 2 is 1.97 bits per heavy atom. The molecule has 0 fully saturated rings. The highest BCUT2D eigenvalue weighted by Crippen LogP contribution is 2.25. The third-order valence-electron chi connectivity index (χ3n) is 4.67. The predicted octanol–water partition coefficient (Wildman–Crippen LogP) is 3.94. The first kappa shape index (κ1) is 20.3. The zero-order valence-corrected chi connectivity index (χ0v) is 16.4.